The molecule has 1 aromatic carbocycles. The first kappa shape index (κ1) is 14.5. The van der Waals surface area contributed by atoms with Crippen LogP contribution < -0.4 is 0 Å². The summed E-state index contributed by atoms with van der Waals surface area (Å²) < 4.78 is 1.92. The van der Waals surface area contributed by atoms with Gasteiger partial charge in [-0.2, -0.15) is 5.10 Å². The van der Waals surface area contributed by atoms with Gasteiger partial charge in [-0.15, -0.1) is 0 Å². The molecule has 22 heavy (non-hydrogen) atoms. The lowest BCUT2D eigenvalue weighted by Gasteiger charge is -2.18. The lowest BCUT2D eigenvalue weighted by atomic mass is 10.3. The fourth-order valence-electron chi connectivity index (χ4n) is 2.40. The number of hydrogen-bond donors (Lipinski definition) is 0. The van der Waals surface area contributed by atoms with Gasteiger partial charge in [0.1, 0.15) is 0 Å². The SMILES string of the molecule is CCN(Cc1ccccn1)Cc1ccn(-c2ccccc2)n1. The molecular weight excluding hydrogens is 272 g/mol. The summed E-state index contributed by atoms with van der Waals surface area (Å²) in [6, 6.07) is 18.3. The van der Waals surface area contributed by atoms with E-state index in [0.29, 0.717) is 0 Å². The molecule has 0 radical (unpaired) electrons. The monoisotopic (exact) mass is 292 g/mol. The Labute approximate surface area is 131 Å². The van der Waals surface area contributed by atoms with Crippen molar-refractivity contribution in [3.05, 3.63) is 78.4 Å². The van der Waals surface area contributed by atoms with Gasteiger partial charge >= 0.3 is 0 Å². The quantitative estimate of drug-likeness (QED) is 0.699. The predicted octanol–water partition coefficient (Wildman–Crippen LogP) is 3.29. The Morgan fingerprint density at radius 1 is 0.909 bits per heavy atom. The molecule has 0 bridgehead atoms. The van der Waals surface area contributed by atoms with Gasteiger partial charge in [-0.3, -0.25) is 9.88 Å². The molecule has 0 atom stereocenters. The Hall–Kier alpha value is -2.46. The van der Waals surface area contributed by atoms with Gasteiger partial charge in [-0.25, -0.2) is 4.68 Å². The highest BCUT2D eigenvalue weighted by Crippen LogP contribution is 2.10. The van der Waals surface area contributed by atoms with E-state index in [1.165, 1.54) is 0 Å². The van der Waals surface area contributed by atoms with Crippen LogP contribution in [-0.2, 0) is 13.1 Å². The average molecular weight is 292 g/mol. The van der Waals surface area contributed by atoms with E-state index >= 15 is 0 Å². The van der Waals surface area contributed by atoms with Gasteiger partial charge < -0.3 is 0 Å². The highest BCUT2D eigenvalue weighted by atomic mass is 15.3. The molecule has 2 heterocycles. The maximum absolute atomic E-state index is 4.66. The summed E-state index contributed by atoms with van der Waals surface area (Å²) >= 11 is 0. The topological polar surface area (TPSA) is 34.0 Å². The lowest BCUT2D eigenvalue weighted by Crippen LogP contribution is -2.23. The van der Waals surface area contributed by atoms with Crippen LogP contribution in [0.4, 0.5) is 0 Å². The molecule has 0 aliphatic rings. The summed E-state index contributed by atoms with van der Waals surface area (Å²) in [5, 5.41) is 4.66. The van der Waals surface area contributed by atoms with E-state index in [4.69, 9.17) is 0 Å². The van der Waals surface area contributed by atoms with Crippen LogP contribution in [0.3, 0.4) is 0 Å². The minimum atomic E-state index is 0.826. The van der Waals surface area contributed by atoms with Gasteiger partial charge in [0.25, 0.3) is 0 Å². The number of pyridine rings is 1. The fraction of sp³-hybridized carbons (Fsp3) is 0.222. The first-order chi connectivity index (χ1) is 10.8. The van der Waals surface area contributed by atoms with Crippen molar-refractivity contribution in [1.82, 2.24) is 19.7 Å². The van der Waals surface area contributed by atoms with Crippen LogP contribution in [0.1, 0.15) is 18.3 Å². The van der Waals surface area contributed by atoms with Crippen molar-refractivity contribution in [1.29, 1.82) is 0 Å². The van der Waals surface area contributed by atoms with Gasteiger partial charge in [0, 0.05) is 25.5 Å². The zero-order valence-electron chi connectivity index (χ0n) is 12.8. The number of rotatable bonds is 6. The van der Waals surface area contributed by atoms with Crippen LogP contribution in [-0.4, -0.2) is 26.2 Å². The van der Waals surface area contributed by atoms with E-state index in [1.54, 1.807) is 0 Å². The Morgan fingerprint density at radius 3 is 2.41 bits per heavy atom. The third-order valence-corrected chi connectivity index (χ3v) is 3.61. The van der Waals surface area contributed by atoms with E-state index in [-0.39, 0.29) is 0 Å². The highest BCUT2D eigenvalue weighted by Gasteiger charge is 2.08. The second-order valence-electron chi connectivity index (χ2n) is 5.21. The minimum absolute atomic E-state index is 0.826. The smallest absolute Gasteiger partial charge is 0.0769 e. The summed E-state index contributed by atoms with van der Waals surface area (Å²) in [5.74, 6) is 0. The second kappa shape index (κ2) is 7.00. The van der Waals surface area contributed by atoms with E-state index in [9.17, 15) is 0 Å². The van der Waals surface area contributed by atoms with Gasteiger partial charge in [-0.05, 0) is 36.9 Å². The van der Waals surface area contributed by atoms with Crippen LogP contribution in [0.5, 0.6) is 0 Å². The van der Waals surface area contributed by atoms with Crippen molar-refractivity contribution in [2.45, 2.75) is 20.0 Å². The van der Waals surface area contributed by atoms with E-state index in [2.05, 4.69) is 46.2 Å². The molecule has 112 valence electrons. The van der Waals surface area contributed by atoms with E-state index in [0.717, 1.165) is 36.7 Å². The van der Waals surface area contributed by atoms with Crippen LogP contribution in [0.2, 0.25) is 0 Å². The molecule has 0 saturated heterocycles. The first-order valence-electron chi connectivity index (χ1n) is 7.57. The van der Waals surface area contributed by atoms with E-state index in [1.807, 2.05) is 47.4 Å². The molecule has 4 heteroatoms. The summed E-state index contributed by atoms with van der Waals surface area (Å²) in [6.45, 7) is 4.80. The predicted molar refractivity (Wildman–Crippen MR) is 87.6 cm³/mol. The summed E-state index contributed by atoms with van der Waals surface area (Å²) in [6.07, 6.45) is 3.85. The van der Waals surface area contributed by atoms with Crippen molar-refractivity contribution < 1.29 is 0 Å². The molecule has 3 aromatic rings. The van der Waals surface area contributed by atoms with Gasteiger partial charge in [0.15, 0.2) is 0 Å². The van der Waals surface area contributed by atoms with Crippen molar-refractivity contribution in [2.75, 3.05) is 6.54 Å². The summed E-state index contributed by atoms with van der Waals surface area (Å²) in [4.78, 5) is 6.73. The highest BCUT2D eigenvalue weighted by molar-refractivity contribution is 5.30. The molecule has 3 rings (SSSR count). The molecule has 0 amide bonds. The average Bonchev–Trinajstić information content (AvgIpc) is 3.04. The summed E-state index contributed by atoms with van der Waals surface area (Å²) in [5.41, 5.74) is 3.25. The van der Waals surface area contributed by atoms with Gasteiger partial charge in [-0.1, -0.05) is 31.2 Å². The number of nitrogens with zero attached hydrogens (tertiary/aromatic N) is 4. The van der Waals surface area contributed by atoms with Crippen LogP contribution in [0, 0.1) is 0 Å². The standard InChI is InChI=1S/C18H20N4/c1-2-21(14-16-8-6-7-12-19-16)15-17-11-13-22(20-17)18-9-4-3-5-10-18/h3-13H,2,14-15H2,1H3. The van der Waals surface area contributed by atoms with Crippen molar-refractivity contribution in [3.8, 4) is 5.69 Å². The Kier molecular flexibility index (Phi) is 4.61. The van der Waals surface area contributed by atoms with Gasteiger partial charge in [0.2, 0.25) is 0 Å². The molecule has 0 spiro atoms. The van der Waals surface area contributed by atoms with Crippen LogP contribution in [0.15, 0.2) is 67.0 Å². The fourth-order valence-corrected chi connectivity index (χ4v) is 2.40. The lowest BCUT2D eigenvalue weighted by molar-refractivity contribution is 0.264. The molecule has 2 aromatic heterocycles. The molecular formula is C18H20N4. The molecule has 0 aliphatic heterocycles. The number of para-hydroxylation sites is 1. The Bertz CT molecular complexity index is 691. The Balaban J connectivity index is 1.68. The zero-order valence-corrected chi connectivity index (χ0v) is 12.8. The molecule has 0 aliphatic carbocycles. The van der Waals surface area contributed by atoms with Crippen molar-refractivity contribution in [2.24, 2.45) is 0 Å². The van der Waals surface area contributed by atoms with Crippen molar-refractivity contribution >= 4 is 0 Å². The van der Waals surface area contributed by atoms with Crippen LogP contribution >= 0.6 is 0 Å². The maximum Gasteiger partial charge on any atom is 0.0769 e. The van der Waals surface area contributed by atoms with Crippen molar-refractivity contribution in [3.63, 3.8) is 0 Å². The van der Waals surface area contributed by atoms with Gasteiger partial charge in [0.05, 0.1) is 17.1 Å². The molecule has 4 nitrogen and oxygen atoms in total. The largest absolute Gasteiger partial charge is 0.292 e. The maximum atomic E-state index is 4.66. The van der Waals surface area contributed by atoms with E-state index < -0.39 is 0 Å². The number of benzene rings is 1. The third-order valence-electron chi connectivity index (χ3n) is 3.61. The minimum Gasteiger partial charge on any atom is -0.292 e. The second-order valence-corrected chi connectivity index (χ2v) is 5.21. The molecule has 0 unspecified atom stereocenters. The number of aromatic nitrogens is 3. The normalized spacial score (nSPS) is 11.0. The molecule has 0 fully saturated rings. The Morgan fingerprint density at radius 2 is 1.68 bits per heavy atom. The summed E-state index contributed by atoms with van der Waals surface area (Å²) in [7, 11) is 0. The third kappa shape index (κ3) is 3.59. The molecule has 0 saturated carbocycles. The molecule has 0 N–H and O–H groups in total. The number of hydrogen-bond acceptors (Lipinski definition) is 3. The zero-order chi connectivity index (χ0) is 15.2. The van der Waals surface area contributed by atoms with Crippen LogP contribution in [0.25, 0.3) is 5.69 Å². The first-order valence-corrected chi connectivity index (χ1v) is 7.57.